The lowest BCUT2D eigenvalue weighted by molar-refractivity contribution is 0.262. The van der Waals surface area contributed by atoms with E-state index in [-0.39, 0.29) is 11.4 Å². The van der Waals surface area contributed by atoms with Crippen molar-refractivity contribution in [2.75, 3.05) is 17.7 Å². The van der Waals surface area contributed by atoms with Crippen molar-refractivity contribution in [3.05, 3.63) is 77.7 Å². The van der Waals surface area contributed by atoms with E-state index in [4.69, 9.17) is 9.47 Å². The van der Waals surface area contributed by atoms with Gasteiger partial charge in [-0.2, -0.15) is 4.98 Å². The summed E-state index contributed by atoms with van der Waals surface area (Å²) >= 11 is 0. The Balaban J connectivity index is 1.61. The van der Waals surface area contributed by atoms with Gasteiger partial charge in [0.15, 0.2) is 0 Å². The summed E-state index contributed by atoms with van der Waals surface area (Å²) in [4.78, 5) is 21.6. The first kappa shape index (κ1) is 24.0. The second-order valence-corrected chi connectivity index (χ2v) is 9.40. The Kier molecular flexibility index (Phi) is 6.60. The van der Waals surface area contributed by atoms with Crippen LogP contribution in [0.15, 0.2) is 60.7 Å². The van der Waals surface area contributed by atoms with Crippen molar-refractivity contribution in [3.8, 4) is 17.4 Å². The number of urea groups is 1. The highest BCUT2D eigenvalue weighted by atomic mass is 16.5. The molecule has 0 aliphatic heterocycles. The molecule has 7 nitrogen and oxygen atoms in total. The Morgan fingerprint density at radius 1 is 0.829 bits per heavy atom. The minimum Gasteiger partial charge on any atom is -0.495 e. The summed E-state index contributed by atoms with van der Waals surface area (Å²) in [6.07, 6.45) is 0. The number of aryl methyl sites for hydroxylation is 2. The molecule has 4 rings (SSSR count). The monoisotopic (exact) mass is 470 g/mol. The number of hydrogen-bond donors (Lipinski definition) is 2. The van der Waals surface area contributed by atoms with Gasteiger partial charge >= 0.3 is 6.03 Å². The normalized spacial score (nSPS) is 11.3. The van der Waals surface area contributed by atoms with Crippen molar-refractivity contribution < 1.29 is 14.3 Å². The fourth-order valence-corrected chi connectivity index (χ4v) is 3.87. The van der Waals surface area contributed by atoms with Crippen LogP contribution in [-0.2, 0) is 5.41 Å². The first-order valence-corrected chi connectivity index (χ1v) is 11.4. The Bertz CT molecular complexity index is 1370. The SMILES string of the molecule is COc1ccc(C(C)(C)C)cc1NC(=O)Nc1ccc(Oc2cc(C)nc(C)n2)c2ccccc12. The van der Waals surface area contributed by atoms with Crippen LogP contribution in [0.5, 0.6) is 17.4 Å². The predicted molar refractivity (Wildman–Crippen MR) is 140 cm³/mol. The maximum absolute atomic E-state index is 13.0. The highest BCUT2D eigenvalue weighted by molar-refractivity contribution is 6.08. The van der Waals surface area contributed by atoms with Gasteiger partial charge in [0.2, 0.25) is 5.88 Å². The lowest BCUT2D eigenvalue weighted by atomic mass is 9.87. The van der Waals surface area contributed by atoms with Crippen LogP contribution in [0.2, 0.25) is 0 Å². The lowest BCUT2D eigenvalue weighted by Gasteiger charge is -2.21. The second-order valence-electron chi connectivity index (χ2n) is 9.40. The van der Waals surface area contributed by atoms with E-state index in [1.807, 2.05) is 68.4 Å². The molecule has 0 bridgehead atoms. The zero-order valence-electron chi connectivity index (χ0n) is 20.9. The Morgan fingerprint density at radius 3 is 2.20 bits per heavy atom. The molecule has 3 aromatic carbocycles. The van der Waals surface area contributed by atoms with Crippen LogP contribution in [0.3, 0.4) is 0 Å². The number of hydrogen-bond acceptors (Lipinski definition) is 5. The third-order valence-corrected chi connectivity index (χ3v) is 5.60. The van der Waals surface area contributed by atoms with E-state index in [0.29, 0.717) is 34.6 Å². The number of nitrogens with zero attached hydrogens (tertiary/aromatic N) is 2. The van der Waals surface area contributed by atoms with Gasteiger partial charge in [0.25, 0.3) is 0 Å². The number of benzene rings is 3. The average Bonchev–Trinajstić information content (AvgIpc) is 2.79. The van der Waals surface area contributed by atoms with Crippen LogP contribution in [0.4, 0.5) is 16.2 Å². The fraction of sp³-hybridized carbons (Fsp3) is 0.250. The summed E-state index contributed by atoms with van der Waals surface area (Å²) in [6.45, 7) is 10.1. The number of nitrogens with one attached hydrogen (secondary N) is 2. The van der Waals surface area contributed by atoms with Gasteiger partial charge in [-0.25, -0.2) is 9.78 Å². The molecule has 7 heteroatoms. The number of carbonyl (C=O) groups excluding carboxylic acids is 1. The topological polar surface area (TPSA) is 85.4 Å². The first-order valence-electron chi connectivity index (χ1n) is 11.4. The molecule has 0 saturated carbocycles. The van der Waals surface area contributed by atoms with Gasteiger partial charge in [0.05, 0.1) is 18.5 Å². The maximum atomic E-state index is 13.0. The van der Waals surface area contributed by atoms with E-state index in [9.17, 15) is 4.79 Å². The summed E-state index contributed by atoms with van der Waals surface area (Å²) in [7, 11) is 1.59. The van der Waals surface area contributed by atoms with Crippen molar-refractivity contribution in [3.63, 3.8) is 0 Å². The van der Waals surface area contributed by atoms with Crippen molar-refractivity contribution >= 4 is 28.2 Å². The van der Waals surface area contributed by atoms with Crippen molar-refractivity contribution in [2.24, 2.45) is 0 Å². The number of rotatable bonds is 5. The Labute approximate surface area is 205 Å². The van der Waals surface area contributed by atoms with Gasteiger partial charge in [-0.05, 0) is 49.1 Å². The minimum absolute atomic E-state index is 0.0635. The van der Waals surface area contributed by atoms with Gasteiger partial charge in [0, 0.05) is 22.5 Å². The van der Waals surface area contributed by atoms with Gasteiger partial charge in [-0.1, -0.05) is 51.1 Å². The van der Waals surface area contributed by atoms with Gasteiger partial charge in [-0.3, -0.25) is 0 Å². The number of carbonyl (C=O) groups is 1. The van der Waals surface area contributed by atoms with Crippen molar-refractivity contribution in [1.82, 2.24) is 9.97 Å². The largest absolute Gasteiger partial charge is 0.495 e. The number of aromatic nitrogens is 2. The minimum atomic E-state index is -0.366. The van der Waals surface area contributed by atoms with E-state index < -0.39 is 0 Å². The predicted octanol–water partition coefficient (Wildman–Crippen LogP) is 6.99. The molecule has 1 aromatic heterocycles. The second kappa shape index (κ2) is 9.62. The van der Waals surface area contributed by atoms with Crippen LogP contribution >= 0.6 is 0 Å². The molecule has 2 N–H and O–H groups in total. The molecule has 0 aliphatic carbocycles. The molecule has 0 saturated heterocycles. The number of methoxy groups -OCH3 is 1. The van der Waals surface area contributed by atoms with Gasteiger partial charge < -0.3 is 20.1 Å². The molecule has 0 spiro atoms. The lowest BCUT2D eigenvalue weighted by Crippen LogP contribution is -2.21. The Hall–Kier alpha value is -4.13. The molecule has 0 aliphatic rings. The zero-order chi connectivity index (χ0) is 25.2. The highest BCUT2D eigenvalue weighted by Crippen LogP contribution is 2.35. The van der Waals surface area contributed by atoms with E-state index in [2.05, 4.69) is 41.4 Å². The van der Waals surface area contributed by atoms with Crippen molar-refractivity contribution in [1.29, 1.82) is 0 Å². The highest BCUT2D eigenvalue weighted by Gasteiger charge is 2.18. The van der Waals surface area contributed by atoms with E-state index in [1.165, 1.54) is 0 Å². The molecule has 2 amide bonds. The van der Waals surface area contributed by atoms with E-state index >= 15 is 0 Å². The third-order valence-electron chi connectivity index (χ3n) is 5.60. The molecule has 180 valence electrons. The van der Waals surface area contributed by atoms with Crippen LogP contribution < -0.4 is 20.1 Å². The van der Waals surface area contributed by atoms with E-state index in [0.717, 1.165) is 22.0 Å². The third kappa shape index (κ3) is 5.51. The molecule has 0 fully saturated rings. The van der Waals surface area contributed by atoms with Crippen LogP contribution in [0.1, 0.15) is 37.9 Å². The smallest absolute Gasteiger partial charge is 0.323 e. The molecule has 0 unspecified atom stereocenters. The summed E-state index contributed by atoms with van der Waals surface area (Å²) in [6, 6.07) is 18.6. The van der Waals surface area contributed by atoms with Gasteiger partial charge in [-0.15, -0.1) is 0 Å². The summed E-state index contributed by atoms with van der Waals surface area (Å²) < 4.78 is 11.5. The first-order chi connectivity index (χ1) is 16.6. The standard InChI is InChI=1S/C28H30N4O3/c1-17-15-26(30-18(2)29-17)35-24-14-12-22(20-9-7-8-10-21(20)24)31-27(33)32-23-16-19(28(3,4)5)11-13-25(23)34-6/h7-16H,1-6H3,(H2,31,32,33). The zero-order valence-corrected chi connectivity index (χ0v) is 20.9. The maximum Gasteiger partial charge on any atom is 0.323 e. The summed E-state index contributed by atoms with van der Waals surface area (Å²) in [5.74, 6) is 2.36. The molecule has 0 atom stereocenters. The number of ether oxygens (including phenoxy) is 2. The Morgan fingerprint density at radius 2 is 1.51 bits per heavy atom. The molecule has 1 heterocycles. The molecular weight excluding hydrogens is 440 g/mol. The van der Waals surface area contributed by atoms with Crippen molar-refractivity contribution in [2.45, 2.75) is 40.0 Å². The van der Waals surface area contributed by atoms with Crippen LogP contribution in [-0.4, -0.2) is 23.1 Å². The fourth-order valence-electron chi connectivity index (χ4n) is 3.87. The number of fused-ring (bicyclic) bond motifs is 1. The molecule has 4 aromatic rings. The summed E-state index contributed by atoms with van der Waals surface area (Å²) in [5, 5.41) is 7.59. The average molecular weight is 471 g/mol. The van der Waals surface area contributed by atoms with E-state index in [1.54, 1.807) is 13.2 Å². The molecule has 35 heavy (non-hydrogen) atoms. The quantitative estimate of drug-likeness (QED) is 0.328. The summed E-state index contributed by atoms with van der Waals surface area (Å²) in [5.41, 5.74) is 3.13. The van der Waals surface area contributed by atoms with Crippen LogP contribution in [0, 0.1) is 13.8 Å². The van der Waals surface area contributed by atoms with Crippen LogP contribution in [0.25, 0.3) is 10.8 Å². The molecular formula is C28H30N4O3. The van der Waals surface area contributed by atoms with Gasteiger partial charge in [0.1, 0.15) is 17.3 Å². The number of anilines is 2. The molecule has 0 radical (unpaired) electrons. The number of amides is 2.